The van der Waals surface area contributed by atoms with Crippen LogP contribution in [0.1, 0.15) is 31.2 Å². The third kappa shape index (κ3) is 2.55. The predicted octanol–water partition coefficient (Wildman–Crippen LogP) is 2.14. The zero-order chi connectivity index (χ0) is 9.80. The molecule has 1 heterocycles. The minimum atomic E-state index is 0.324. The molecular formula is C12H18N2. The van der Waals surface area contributed by atoms with E-state index in [2.05, 4.69) is 11.1 Å². The zero-order valence-corrected chi connectivity index (χ0v) is 8.52. The van der Waals surface area contributed by atoms with E-state index in [4.69, 9.17) is 5.73 Å². The lowest BCUT2D eigenvalue weighted by atomic mass is 9.80. The summed E-state index contributed by atoms with van der Waals surface area (Å²) in [4.78, 5) is 4.10. The van der Waals surface area contributed by atoms with Gasteiger partial charge in [0.25, 0.3) is 0 Å². The van der Waals surface area contributed by atoms with Gasteiger partial charge < -0.3 is 5.73 Å². The van der Waals surface area contributed by atoms with Gasteiger partial charge in [0, 0.05) is 18.4 Å². The summed E-state index contributed by atoms with van der Waals surface area (Å²) in [7, 11) is 0. The maximum absolute atomic E-state index is 6.09. The van der Waals surface area contributed by atoms with Crippen LogP contribution in [0.25, 0.3) is 0 Å². The molecule has 2 N–H and O–H groups in total. The van der Waals surface area contributed by atoms with Crippen LogP contribution in [0.4, 0.5) is 0 Å². The Morgan fingerprint density at radius 2 is 2.36 bits per heavy atom. The molecule has 2 heteroatoms. The monoisotopic (exact) mass is 190 g/mol. The van der Waals surface area contributed by atoms with E-state index in [1.54, 1.807) is 6.20 Å². The van der Waals surface area contributed by atoms with E-state index in [-0.39, 0.29) is 0 Å². The normalized spacial score (nSPS) is 18.9. The van der Waals surface area contributed by atoms with Gasteiger partial charge in [-0.15, -0.1) is 0 Å². The van der Waals surface area contributed by atoms with Crippen LogP contribution in [0.3, 0.4) is 0 Å². The van der Waals surface area contributed by atoms with Crippen LogP contribution in [0.15, 0.2) is 24.5 Å². The maximum atomic E-state index is 6.09. The topological polar surface area (TPSA) is 38.9 Å². The average Bonchev–Trinajstić information content (AvgIpc) is 2.13. The van der Waals surface area contributed by atoms with Crippen molar-refractivity contribution in [3.63, 3.8) is 0 Å². The highest BCUT2D eigenvalue weighted by atomic mass is 14.6. The number of hydrogen-bond donors (Lipinski definition) is 1. The molecule has 0 bridgehead atoms. The Labute approximate surface area is 85.5 Å². The molecule has 1 aliphatic rings. The molecule has 0 aromatic carbocycles. The second-order valence-electron chi connectivity index (χ2n) is 4.36. The average molecular weight is 190 g/mol. The molecule has 1 unspecified atom stereocenters. The molecule has 0 saturated heterocycles. The molecule has 0 spiro atoms. The molecule has 1 aromatic rings. The fraction of sp³-hybridized carbons (Fsp3) is 0.583. The Balaban J connectivity index is 1.79. The number of rotatable bonds is 4. The van der Waals surface area contributed by atoms with Crippen molar-refractivity contribution in [3.05, 3.63) is 30.1 Å². The molecule has 2 nitrogen and oxygen atoms in total. The highest BCUT2D eigenvalue weighted by molar-refractivity contribution is 5.10. The molecule has 76 valence electrons. The standard InChI is InChI=1S/C12H18N2/c13-12(7-10-3-1-4-10)8-11-5-2-6-14-9-11/h2,5-6,9-10,12H,1,3-4,7-8,13H2. The first-order valence-corrected chi connectivity index (χ1v) is 5.49. The van der Waals surface area contributed by atoms with Gasteiger partial charge in [0.15, 0.2) is 0 Å². The number of nitrogens with zero attached hydrogens (tertiary/aromatic N) is 1. The molecule has 0 aliphatic heterocycles. The van der Waals surface area contributed by atoms with Crippen LogP contribution in [0.2, 0.25) is 0 Å². The summed E-state index contributed by atoms with van der Waals surface area (Å²) in [5, 5.41) is 0. The van der Waals surface area contributed by atoms with Gasteiger partial charge in [0.1, 0.15) is 0 Å². The minimum absolute atomic E-state index is 0.324. The van der Waals surface area contributed by atoms with E-state index in [1.165, 1.54) is 31.2 Å². The van der Waals surface area contributed by atoms with Crippen molar-refractivity contribution in [2.24, 2.45) is 11.7 Å². The third-order valence-electron chi connectivity index (χ3n) is 3.08. The second-order valence-corrected chi connectivity index (χ2v) is 4.36. The van der Waals surface area contributed by atoms with Gasteiger partial charge in [-0.25, -0.2) is 0 Å². The van der Waals surface area contributed by atoms with Crippen molar-refractivity contribution < 1.29 is 0 Å². The molecule has 2 rings (SSSR count). The Kier molecular flexibility index (Phi) is 3.14. The molecule has 1 atom stereocenters. The van der Waals surface area contributed by atoms with Gasteiger partial charge in [-0.05, 0) is 30.4 Å². The highest BCUT2D eigenvalue weighted by Crippen LogP contribution is 2.30. The van der Waals surface area contributed by atoms with Crippen molar-refractivity contribution >= 4 is 0 Å². The second kappa shape index (κ2) is 4.56. The number of nitrogens with two attached hydrogens (primary N) is 1. The molecule has 0 radical (unpaired) electrons. The van der Waals surface area contributed by atoms with Crippen molar-refractivity contribution in [2.45, 2.75) is 38.1 Å². The van der Waals surface area contributed by atoms with Gasteiger partial charge in [0.05, 0.1) is 0 Å². The fourth-order valence-electron chi connectivity index (χ4n) is 2.06. The first kappa shape index (κ1) is 9.66. The van der Waals surface area contributed by atoms with E-state index >= 15 is 0 Å². The van der Waals surface area contributed by atoms with Crippen LogP contribution in [0.5, 0.6) is 0 Å². The van der Waals surface area contributed by atoms with Crippen LogP contribution in [-0.2, 0) is 6.42 Å². The van der Waals surface area contributed by atoms with Crippen molar-refractivity contribution in [2.75, 3.05) is 0 Å². The molecule has 1 aliphatic carbocycles. The Hall–Kier alpha value is -0.890. The first-order valence-electron chi connectivity index (χ1n) is 5.49. The summed E-state index contributed by atoms with van der Waals surface area (Å²) >= 11 is 0. The van der Waals surface area contributed by atoms with Crippen LogP contribution in [0, 0.1) is 5.92 Å². The first-order chi connectivity index (χ1) is 6.84. The summed E-state index contributed by atoms with van der Waals surface area (Å²) in [6.45, 7) is 0. The maximum Gasteiger partial charge on any atom is 0.0300 e. The molecule has 14 heavy (non-hydrogen) atoms. The molecule has 0 amide bonds. The SMILES string of the molecule is NC(Cc1cccnc1)CC1CCC1. The summed E-state index contributed by atoms with van der Waals surface area (Å²) in [6, 6.07) is 4.41. The smallest absolute Gasteiger partial charge is 0.0300 e. The van der Waals surface area contributed by atoms with E-state index in [0.29, 0.717) is 6.04 Å². The lowest BCUT2D eigenvalue weighted by Gasteiger charge is -2.28. The third-order valence-corrected chi connectivity index (χ3v) is 3.08. The quantitative estimate of drug-likeness (QED) is 0.790. The van der Waals surface area contributed by atoms with E-state index < -0.39 is 0 Å². The predicted molar refractivity (Wildman–Crippen MR) is 57.9 cm³/mol. The van der Waals surface area contributed by atoms with E-state index in [9.17, 15) is 0 Å². The number of aromatic nitrogens is 1. The Bertz CT molecular complexity index is 267. The fourth-order valence-corrected chi connectivity index (χ4v) is 2.06. The lowest BCUT2D eigenvalue weighted by Crippen LogP contribution is -2.28. The van der Waals surface area contributed by atoms with Crippen molar-refractivity contribution in [3.8, 4) is 0 Å². The molecule has 1 saturated carbocycles. The van der Waals surface area contributed by atoms with Crippen LogP contribution >= 0.6 is 0 Å². The Morgan fingerprint density at radius 3 is 2.93 bits per heavy atom. The number of pyridine rings is 1. The summed E-state index contributed by atoms with van der Waals surface area (Å²) in [5.74, 6) is 0.904. The molecule has 1 fully saturated rings. The van der Waals surface area contributed by atoms with Gasteiger partial charge in [-0.3, -0.25) is 4.98 Å². The molecule has 1 aromatic heterocycles. The van der Waals surface area contributed by atoms with E-state index in [0.717, 1.165) is 12.3 Å². The zero-order valence-electron chi connectivity index (χ0n) is 8.52. The van der Waals surface area contributed by atoms with Gasteiger partial charge >= 0.3 is 0 Å². The summed E-state index contributed by atoms with van der Waals surface area (Å²) < 4.78 is 0. The molecular weight excluding hydrogens is 172 g/mol. The lowest BCUT2D eigenvalue weighted by molar-refractivity contribution is 0.275. The largest absolute Gasteiger partial charge is 0.327 e. The minimum Gasteiger partial charge on any atom is -0.327 e. The van der Waals surface area contributed by atoms with E-state index in [1.807, 2.05) is 12.3 Å². The Morgan fingerprint density at radius 1 is 1.50 bits per heavy atom. The highest BCUT2D eigenvalue weighted by Gasteiger charge is 2.20. The van der Waals surface area contributed by atoms with Crippen molar-refractivity contribution in [1.82, 2.24) is 4.98 Å². The summed E-state index contributed by atoms with van der Waals surface area (Å²) in [6.07, 6.45) is 10.1. The van der Waals surface area contributed by atoms with Crippen LogP contribution < -0.4 is 5.73 Å². The summed E-state index contributed by atoms with van der Waals surface area (Å²) in [5.41, 5.74) is 7.35. The van der Waals surface area contributed by atoms with Crippen LogP contribution in [-0.4, -0.2) is 11.0 Å². The van der Waals surface area contributed by atoms with Gasteiger partial charge in [-0.1, -0.05) is 25.3 Å². The number of hydrogen-bond acceptors (Lipinski definition) is 2. The van der Waals surface area contributed by atoms with Gasteiger partial charge in [0.2, 0.25) is 0 Å². The van der Waals surface area contributed by atoms with Crippen molar-refractivity contribution in [1.29, 1.82) is 0 Å². The van der Waals surface area contributed by atoms with Gasteiger partial charge in [-0.2, -0.15) is 0 Å².